The summed E-state index contributed by atoms with van der Waals surface area (Å²) in [5.74, 6) is 0.291. The van der Waals surface area contributed by atoms with Crippen LogP contribution in [0.4, 0.5) is 0 Å². The number of aromatic nitrogens is 5. The van der Waals surface area contributed by atoms with E-state index in [9.17, 15) is 8.42 Å². The second kappa shape index (κ2) is 6.78. The molecule has 10 heteroatoms. The Labute approximate surface area is 123 Å². The molecule has 0 spiro atoms. The highest BCUT2D eigenvalue weighted by Crippen LogP contribution is 2.13. The smallest absolute Gasteiger partial charge is 0.242 e. The maximum atomic E-state index is 12.2. The Morgan fingerprint density at radius 3 is 2.86 bits per heavy atom. The number of H-pyrrole nitrogens is 1. The fraction of sp³-hybridized carbons (Fsp3) is 0.545. The molecule has 0 radical (unpaired) electrons. The van der Waals surface area contributed by atoms with E-state index in [1.807, 2.05) is 7.05 Å². The summed E-state index contributed by atoms with van der Waals surface area (Å²) in [6, 6.07) is 1.65. The number of nitrogens with zero attached hydrogens (tertiary/aromatic N) is 4. The van der Waals surface area contributed by atoms with Gasteiger partial charge in [0.25, 0.3) is 0 Å². The summed E-state index contributed by atoms with van der Waals surface area (Å²) in [5.41, 5.74) is 0.906. The topological polar surface area (TPSA) is 118 Å². The minimum Gasteiger partial charge on any atom is -0.352 e. The van der Waals surface area contributed by atoms with Crippen LogP contribution < -0.4 is 10.0 Å². The lowest BCUT2D eigenvalue weighted by Crippen LogP contribution is -2.23. The zero-order chi connectivity index (χ0) is 15.3. The molecule has 2 rings (SSSR count). The molecule has 0 aliphatic heterocycles. The van der Waals surface area contributed by atoms with Crippen LogP contribution in [0.1, 0.15) is 24.9 Å². The second-order valence-corrected chi connectivity index (χ2v) is 6.37. The van der Waals surface area contributed by atoms with Gasteiger partial charge in [-0.05, 0) is 19.0 Å². The van der Waals surface area contributed by atoms with Crippen molar-refractivity contribution >= 4 is 10.0 Å². The fourth-order valence-corrected chi connectivity index (χ4v) is 2.87. The lowest BCUT2D eigenvalue weighted by Gasteiger charge is -2.03. The highest BCUT2D eigenvalue weighted by Gasteiger charge is 2.18. The van der Waals surface area contributed by atoms with Crippen molar-refractivity contribution in [3.05, 3.63) is 23.8 Å². The monoisotopic (exact) mass is 313 g/mol. The van der Waals surface area contributed by atoms with Gasteiger partial charge in [-0.25, -0.2) is 13.1 Å². The number of aromatic amines is 1. The number of sulfonamides is 1. The highest BCUT2D eigenvalue weighted by atomic mass is 32.2. The van der Waals surface area contributed by atoms with E-state index in [-0.39, 0.29) is 11.4 Å². The standard InChI is InChI=1S/C11H19N7O2S/c1-3-4-12-6-9-5-10(8-18(9)2)21(19,20)13-7-11-14-16-17-15-11/h5,8,12-13H,3-4,6-7H2,1-2H3,(H,14,15,16,17). The van der Waals surface area contributed by atoms with Gasteiger partial charge >= 0.3 is 0 Å². The highest BCUT2D eigenvalue weighted by molar-refractivity contribution is 7.89. The molecule has 0 aliphatic rings. The fourth-order valence-electron chi connectivity index (χ4n) is 1.79. The van der Waals surface area contributed by atoms with Crippen LogP contribution in [0.25, 0.3) is 0 Å². The summed E-state index contributed by atoms with van der Waals surface area (Å²) in [4.78, 5) is 0.224. The van der Waals surface area contributed by atoms with Crippen molar-refractivity contribution < 1.29 is 8.42 Å². The minimum absolute atomic E-state index is 0.00283. The second-order valence-electron chi connectivity index (χ2n) is 4.61. The van der Waals surface area contributed by atoms with E-state index in [0.29, 0.717) is 12.4 Å². The van der Waals surface area contributed by atoms with Gasteiger partial charge in [-0.1, -0.05) is 12.1 Å². The van der Waals surface area contributed by atoms with Gasteiger partial charge in [-0.3, -0.25) is 0 Å². The van der Waals surface area contributed by atoms with E-state index >= 15 is 0 Å². The molecule has 3 N–H and O–H groups in total. The summed E-state index contributed by atoms with van der Waals surface area (Å²) in [6.45, 7) is 3.60. The molecule has 2 aromatic heterocycles. The van der Waals surface area contributed by atoms with Crippen molar-refractivity contribution in [3.8, 4) is 0 Å². The third-order valence-corrected chi connectivity index (χ3v) is 4.30. The van der Waals surface area contributed by atoms with Crippen LogP contribution in [-0.4, -0.2) is 40.2 Å². The third-order valence-electron chi connectivity index (χ3n) is 2.94. The zero-order valence-electron chi connectivity index (χ0n) is 12.0. The lowest BCUT2D eigenvalue weighted by atomic mass is 10.4. The van der Waals surface area contributed by atoms with Crippen molar-refractivity contribution in [1.29, 1.82) is 0 Å². The molecule has 2 aromatic rings. The molecule has 9 nitrogen and oxygen atoms in total. The number of tetrazole rings is 1. The molecule has 0 unspecified atom stereocenters. The van der Waals surface area contributed by atoms with Crippen LogP contribution in [0.15, 0.2) is 17.2 Å². The van der Waals surface area contributed by atoms with Crippen molar-refractivity contribution in [2.24, 2.45) is 7.05 Å². The molecular formula is C11H19N7O2S. The first-order valence-corrected chi connectivity index (χ1v) is 8.09. The number of hydrogen-bond donors (Lipinski definition) is 3. The van der Waals surface area contributed by atoms with Crippen LogP contribution in [0.5, 0.6) is 0 Å². The molecule has 0 atom stereocenters. The molecule has 0 saturated heterocycles. The Morgan fingerprint density at radius 1 is 1.38 bits per heavy atom. The van der Waals surface area contributed by atoms with Gasteiger partial charge in [0.2, 0.25) is 10.0 Å². The largest absolute Gasteiger partial charge is 0.352 e. The van der Waals surface area contributed by atoms with Crippen LogP contribution in [-0.2, 0) is 30.2 Å². The summed E-state index contributed by atoms with van der Waals surface area (Å²) in [7, 11) is -1.77. The summed E-state index contributed by atoms with van der Waals surface area (Å²) in [6.07, 6.45) is 2.61. The van der Waals surface area contributed by atoms with Crippen LogP contribution in [0, 0.1) is 0 Å². The summed E-state index contributed by atoms with van der Waals surface area (Å²) in [5, 5.41) is 16.3. The van der Waals surface area contributed by atoms with Crippen molar-refractivity contribution in [1.82, 2.24) is 35.2 Å². The van der Waals surface area contributed by atoms with Crippen LogP contribution in [0.3, 0.4) is 0 Å². The SMILES string of the molecule is CCCNCc1cc(S(=O)(=O)NCc2nn[nH]n2)cn1C. The molecule has 21 heavy (non-hydrogen) atoms. The van der Waals surface area contributed by atoms with Gasteiger partial charge in [-0.15, -0.1) is 10.2 Å². The van der Waals surface area contributed by atoms with E-state index in [1.165, 1.54) is 0 Å². The van der Waals surface area contributed by atoms with Gasteiger partial charge < -0.3 is 9.88 Å². The quantitative estimate of drug-likeness (QED) is 0.566. The minimum atomic E-state index is -3.59. The van der Waals surface area contributed by atoms with Crippen LogP contribution >= 0.6 is 0 Å². The molecule has 0 aliphatic carbocycles. The zero-order valence-corrected chi connectivity index (χ0v) is 12.8. The molecule has 0 aromatic carbocycles. The first kappa shape index (κ1) is 15.6. The Kier molecular flexibility index (Phi) is 5.04. The van der Waals surface area contributed by atoms with Gasteiger partial charge in [0.05, 0.1) is 11.4 Å². The molecular weight excluding hydrogens is 294 g/mol. The molecule has 0 fully saturated rings. The Bertz CT molecular complexity index is 663. The normalized spacial score (nSPS) is 11.9. The predicted octanol–water partition coefficient (Wildman–Crippen LogP) is -0.484. The van der Waals surface area contributed by atoms with Crippen molar-refractivity contribution in [3.63, 3.8) is 0 Å². The van der Waals surface area contributed by atoms with E-state index in [2.05, 4.69) is 37.6 Å². The summed E-state index contributed by atoms with van der Waals surface area (Å²) >= 11 is 0. The lowest BCUT2D eigenvalue weighted by molar-refractivity contribution is 0.579. The maximum absolute atomic E-state index is 12.2. The van der Waals surface area contributed by atoms with Gasteiger partial charge in [0.15, 0.2) is 5.82 Å². The van der Waals surface area contributed by atoms with E-state index in [4.69, 9.17) is 0 Å². The van der Waals surface area contributed by atoms with E-state index < -0.39 is 10.0 Å². The molecule has 0 saturated carbocycles. The van der Waals surface area contributed by atoms with E-state index in [1.54, 1.807) is 16.8 Å². The van der Waals surface area contributed by atoms with Crippen LogP contribution in [0.2, 0.25) is 0 Å². The van der Waals surface area contributed by atoms with Gasteiger partial charge in [0.1, 0.15) is 0 Å². The molecule has 116 valence electrons. The number of aryl methyl sites for hydroxylation is 1. The maximum Gasteiger partial charge on any atom is 0.242 e. The average Bonchev–Trinajstić information content (AvgIpc) is 3.07. The number of hydrogen-bond acceptors (Lipinski definition) is 6. The average molecular weight is 313 g/mol. The molecule has 2 heterocycles. The van der Waals surface area contributed by atoms with Gasteiger partial charge in [0, 0.05) is 25.5 Å². The third kappa shape index (κ3) is 4.09. The van der Waals surface area contributed by atoms with Crippen molar-refractivity contribution in [2.75, 3.05) is 6.54 Å². The Morgan fingerprint density at radius 2 is 2.19 bits per heavy atom. The number of rotatable bonds is 8. The first-order valence-electron chi connectivity index (χ1n) is 6.61. The predicted molar refractivity (Wildman–Crippen MR) is 75.6 cm³/mol. The molecule has 0 bridgehead atoms. The molecule has 0 amide bonds. The van der Waals surface area contributed by atoms with E-state index in [0.717, 1.165) is 18.7 Å². The van der Waals surface area contributed by atoms with Crippen molar-refractivity contribution in [2.45, 2.75) is 31.3 Å². The van der Waals surface area contributed by atoms with Gasteiger partial charge in [-0.2, -0.15) is 5.21 Å². The Hall–Kier alpha value is -1.78. The Balaban J connectivity index is 2.04. The number of nitrogens with one attached hydrogen (secondary N) is 3. The summed E-state index contributed by atoms with van der Waals surface area (Å²) < 4.78 is 28.6. The first-order chi connectivity index (χ1) is 10.0.